The first-order valence-corrected chi connectivity index (χ1v) is 23.4. The summed E-state index contributed by atoms with van der Waals surface area (Å²) in [5.41, 5.74) is 7.82. The quantitative estimate of drug-likeness (QED) is 0.216. The van der Waals surface area contributed by atoms with Gasteiger partial charge in [0.1, 0.15) is 5.82 Å². The van der Waals surface area contributed by atoms with Crippen LogP contribution >= 0.6 is 0 Å². The van der Waals surface area contributed by atoms with E-state index in [0.717, 1.165) is 166 Å². The molecule has 3 aromatic heterocycles. The maximum atomic E-state index is 12.1. The molecule has 358 valence electrons. The number of aromatic nitrogens is 3. The molecule has 0 amide bonds. The van der Waals surface area contributed by atoms with E-state index in [0.29, 0.717) is 5.82 Å². The summed E-state index contributed by atoms with van der Waals surface area (Å²) >= 11 is 0. The molecule has 0 aromatic carbocycles. The van der Waals surface area contributed by atoms with Crippen molar-refractivity contribution >= 4 is 28.8 Å². The largest absolute Gasteiger partial charge is 0.384 e. The number of pyridine rings is 3. The van der Waals surface area contributed by atoms with E-state index in [1.54, 1.807) is 12.3 Å². The van der Waals surface area contributed by atoms with Gasteiger partial charge in [-0.15, -0.1) is 0 Å². The smallest absolute Gasteiger partial charge is 0.363 e. The normalized spacial score (nSPS) is 20.9. The van der Waals surface area contributed by atoms with Crippen molar-refractivity contribution in [3.8, 4) is 0 Å². The van der Waals surface area contributed by atoms with E-state index in [1.807, 2.05) is 12.3 Å². The van der Waals surface area contributed by atoms with Gasteiger partial charge in [0.25, 0.3) is 0 Å². The first-order chi connectivity index (χ1) is 31.7. The molecule has 3 N–H and O–H groups in total. The highest BCUT2D eigenvalue weighted by atomic mass is 19.1. The lowest BCUT2D eigenvalue weighted by Crippen LogP contribution is -2.42. The van der Waals surface area contributed by atoms with Crippen LogP contribution in [0.3, 0.4) is 0 Å². The van der Waals surface area contributed by atoms with Crippen LogP contribution in [-0.4, -0.2) is 177 Å². The van der Waals surface area contributed by atoms with Gasteiger partial charge in [-0.2, -0.15) is 0 Å². The van der Waals surface area contributed by atoms with Crippen LogP contribution in [-0.2, 0) is 14.2 Å². The number of nitro groups is 2. The third-order valence-electron chi connectivity index (χ3n) is 12.9. The van der Waals surface area contributed by atoms with Crippen molar-refractivity contribution in [3.05, 3.63) is 81.0 Å². The predicted molar refractivity (Wildman–Crippen MR) is 248 cm³/mol. The molecule has 0 bridgehead atoms. The van der Waals surface area contributed by atoms with E-state index < -0.39 is 15.7 Å². The van der Waals surface area contributed by atoms with Gasteiger partial charge in [-0.3, -0.25) is 14.7 Å². The fourth-order valence-corrected chi connectivity index (χ4v) is 8.99. The highest BCUT2D eigenvalue weighted by Gasteiger charge is 2.25. The van der Waals surface area contributed by atoms with Crippen LogP contribution in [0.5, 0.6) is 0 Å². The van der Waals surface area contributed by atoms with E-state index >= 15 is 0 Å². The van der Waals surface area contributed by atoms with E-state index in [4.69, 9.17) is 19.9 Å². The third kappa shape index (κ3) is 17.6. The second-order valence-electron chi connectivity index (χ2n) is 17.5. The summed E-state index contributed by atoms with van der Waals surface area (Å²) in [5.74, 6) is 2.07. The van der Waals surface area contributed by atoms with Gasteiger partial charge in [-0.1, -0.05) is 0 Å². The SMILES string of the molecule is C1CC(CN2CCOCC2)CCN1.Nc1ccc(N2CCC(CN3CCOCC3)CC2)cn1.O=[N+]([O-])c1ccc(F)cn1.O=[N+]([O-])c1ccc(N2CCC(CN3CCOCC3)CC2)cn1. The van der Waals surface area contributed by atoms with Gasteiger partial charge >= 0.3 is 11.6 Å². The molecule has 20 heteroatoms. The van der Waals surface area contributed by atoms with Crippen LogP contribution < -0.4 is 20.9 Å². The first-order valence-electron chi connectivity index (χ1n) is 23.4. The van der Waals surface area contributed by atoms with Crippen molar-refractivity contribution in [1.29, 1.82) is 0 Å². The molecule has 65 heavy (non-hydrogen) atoms. The zero-order chi connectivity index (χ0) is 45.6. The number of ether oxygens (including phenoxy) is 3. The molecule has 9 rings (SSSR count). The summed E-state index contributed by atoms with van der Waals surface area (Å²) in [6.07, 6.45) is 11.9. The van der Waals surface area contributed by atoms with E-state index in [1.165, 1.54) is 63.6 Å². The summed E-state index contributed by atoms with van der Waals surface area (Å²) in [5, 5.41) is 24.0. The van der Waals surface area contributed by atoms with Crippen LogP contribution in [0.4, 0.5) is 33.2 Å². The molecule has 6 saturated heterocycles. The van der Waals surface area contributed by atoms with Crippen molar-refractivity contribution < 1.29 is 28.4 Å². The first kappa shape index (κ1) is 49.7. The average molecular weight is 909 g/mol. The Bertz CT molecular complexity index is 1780. The molecule has 0 spiro atoms. The molecule has 0 unspecified atom stereocenters. The fraction of sp³-hybridized carbons (Fsp3) is 0.667. The highest BCUT2D eigenvalue weighted by molar-refractivity contribution is 5.48. The Labute approximate surface area is 382 Å². The van der Waals surface area contributed by atoms with Crippen molar-refractivity contribution in [3.63, 3.8) is 0 Å². The maximum Gasteiger partial charge on any atom is 0.363 e. The van der Waals surface area contributed by atoms with Crippen LogP contribution in [0.1, 0.15) is 38.5 Å². The topological polar surface area (TPSA) is 207 Å². The summed E-state index contributed by atoms with van der Waals surface area (Å²) < 4.78 is 28.2. The minimum absolute atomic E-state index is 0.0917. The second kappa shape index (κ2) is 27.1. The number of nitrogens with zero attached hydrogens (tertiary/aromatic N) is 10. The molecule has 3 aromatic rings. The van der Waals surface area contributed by atoms with Crippen LogP contribution in [0.2, 0.25) is 0 Å². The zero-order valence-corrected chi connectivity index (χ0v) is 37.8. The van der Waals surface area contributed by atoms with Crippen molar-refractivity contribution in [2.24, 2.45) is 17.8 Å². The molecule has 6 aliphatic rings. The second-order valence-corrected chi connectivity index (χ2v) is 17.5. The summed E-state index contributed by atoms with van der Waals surface area (Å²) in [6, 6.07) is 9.24. The Balaban J connectivity index is 0.000000150. The lowest BCUT2D eigenvalue weighted by molar-refractivity contribution is -0.389. The molecule has 19 nitrogen and oxygen atoms in total. The third-order valence-corrected chi connectivity index (χ3v) is 12.9. The number of anilines is 3. The number of morpholine rings is 3. The number of rotatable bonds is 10. The lowest BCUT2D eigenvalue weighted by Gasteiger charge is -2.36. The van der Waals surface area contributed by atoms with Gasteiger partial charge in [0.2, 0.25) is 0 Å². The number of nitrogens with two attached hydrogens (primary N) is 1. The minimum atomic E-state index is -0.681. The zero-order valence-electron chi connectivity index (χ0n) is 37.8. The minimum Gasteiger partial charge on any atom is -0.384 e. The number of hydrogen-bond acceptors (Lipinski definition) is 17. The van der Waals surface area contributed by atoms with Gasteiger partial charge in [0, 0.05) is 97.2 Å². The molecule has 6 aliphatic heterocycles. The number of nitrogens with one attached hydrogen (secondary N) is 1. The molecular weight excluding hydrogens is 840 g/mol. The van der Waals surface area contributed by atoms with Gasteiger partial charge in [-0.05, 0) is 113 Å². The Hall–Kier alpha value is -4.70. The summed E-state index contributed by atoms with van der Waals surface area (Å²) in [7, 11) is 0. The maximum absolute atomic E-state index is 12.1. The van der Waals surface area contributed by atoms with Gasteiger partial charge in [-0.25, -0.2) is 9.37 Å². The van der Waals surface area contributed by atoms with Gasteiger partial charge < -0.3 is 55.3 Å². The van der Waals surface area contributed by atoms with E-state index in [9.17, 15) is 24.6 Å². The fourth-order valence-electron chi connectivity index (χ4n) is 8.99. The Morgan fingerprint density at radius 2 is 0.938 bits per heavy atom. The van der Waals surface area contributed by atoms with Crippen molar-refractivity contribution in [1.82, 2.24) is 35.0 Å². The Morgan fingerprint density at radius 1 is 0.554 bits per heavy atom. The van der Waals surface area contributed by atoms with E-state index in [2.05, 4.69) is 50.8 Å². The van der Waals surface area contributed by atoms with Crippen LogP contribution in [0, 0.1) is 43.8 Å². The monoisotopic (exact) mass is 909 g/mol. The van der Waals surface area contributed by atoms with Crippen molar-refractivity contribution in [2.75, 3.05) is 153 Å². The summed E-state index contributed by atoms with van der Waals surface area (Å²) in [4.78, 5) is 43.0. The Morgan fingerprint density at radius 3 is 1.29 bits per heavy atom. The molecule has 0 atom stereocenters. The number of hydrogen-bond donors (Lipinski definition) is 2. The lowest BCUT2D eigenvalue weighted by atomic mass is 9.95. The van der Waals surface area contributed by atoms with Crippen LogP contribution in [0.25, 0.3) is 0 Å². The highest BCUT2D eigenvalue weighted by Crippen LogP contribution is 2.26. The van der Waals surface area contributed by atoms with Gasteiger partial charge in [0.15, 0.2) is 18.2 Å². The molecule has 0 radical (unpaired) electrons. The number of halogens is 1. The molecule has 0 saturated carbocycles. The number of piperidine rings is 3. The number of nitrogen functional groups attached to an aromatic ring is 1. The molecular formula is C45H69FN12O7. The molecule has 6 fully saturated rings. The molecule has 9 heterocycles. The van der Waals surface area contributed by atoms with Crippen LogP contribution in [0.15, 0.2) is 55.0 Å². The molecule has 0 aliphatic carbocycles. The van der Waals surface area contributed by atoms with Gasteiger partial charge in [0.05, 0.1) is 57.2 Å². The van der Waals surface area contributed by atoms with Crippen molar-refractivity contribution in [2.45, 2.75) is 38.5 Å². The predicted octanol–water partition coefficient (Wildman–Crippen LogP) is 4.20. The standard InChI is InChI=1S/C15H22N4O3.C15H24N4O.C10H20N2O.C5H3FN2O2/c20-19(21)15-2-1-14(11-16-15)18-5-3-13(4-6-18)12-17-7-9-22-10-8-17;16-15-2-1-14(11-17-15)19-5-3-13(4-6-19)12-18-7-9-20-10-8-18;1-3-11-4-2-10(1)9-12-5-7-13-8-6-12;6-4-1-2-5(7-3-4)8(9)10/h1-2,11,13H,3-10,12H2;1-2,11,13H,3-10,12H2,(H2,16,17);10-11H,1-9H2;1-3H. The Kier molecular flexibility index (Phi) is 20.7. The van der Waals surface area contributed by atoms with E-state index in [-0.39, 0.29) is 11.6 Å². The summed E-state index contributed by atoms with van der Waals surface area (Å²) in [6.45, 7) is 22.3. The average Bonchev–Trinajstić information content (AvgIpc) is 3.34.